The van der Waals surface area contributed by atoms with E-state index in [1.165, 1.54) is 0 Å². The summed E-state index contributed by atoms with van der Waals surface area (Å²) < 4.78 is 56.9. The normalized spacial score (nSPS) is 14.6. The third-order valence-electron chi connectivity index (χ3n) is 11.5. The molecule has 0 unspecified atom stereocenters. The van der Waals surface area contributed by atoms with Gasteiger partial charge in [-0.1, -0.05) is 139 Å². The molecular weight excluding hydrogens is 968 g/mol. The molecule has 9 aromatic rings. The van der Waals surface area contributed by atoms with Gasteiger partial charge in [-0.15, -0.1) is 41.3 Å². The second kappa shape index (κ2) is 16.5. The van der Waals surface area contributed by atoms with Gasteiger partial charge in [0.05, 0.1) is 18.8 Å². The van der Waals surface area contributed by atoms with Crippen molar-refractivity contribution in [3.05, 3.63) is 224 Å². The van der Waals surface area contributed by atoms with Gasteiger partial charge in [0.25, 0.3) is 0 Å². The first-order valence-corrected chi connectivity index (χ1v) is 20.9. The van der Waals surface area contributed by atoms with Gasteiger partial charge in [-0.25, -0.2) is 4.98 Å². The minimum Gasteiger partial charge on any atom is -0.503 e. The molecule has 0 aliphatic carbocycles. The van der Waals surface area contributed by atoms with Gasteiger partial charge in [0.15, 0.2) is 5.88 Å². The number of rotatable bonds is 8. The van der Waals surface area contributed by atoms with Crippen molar-refractivity contribution in [3.8, 4) is 50.7 Å². The monoisotopic (exact) mass is 1020 g/mol. The molecule has 7 heteroatoms. The maximum atomic E-state index is 8.58. The number of hydrogen-bond donors (Lipinski definition) is 0. The largest absolute Gasteiger partial charge is 0.503 e. The van der Waals surface area contributed by atoms with E-state index in [1.54, 1.807) is 12.5 Å². The van der Waals surface area contributed by atoms with E-state index in [4.69, 9.17) is 21.3 Å². The Bertz CT molecular complexity index is 3480. The van der Waals surface area contributed by atoms with Crippen molar-refractivity contribution < 1.29 is 37.4 Å². The first-order chi connectivity index (χ1) is 32.9. The van der Waals surface area contributed by atoms with Crippen LogP contribution in [0.2, 0.25) is 0 Å². The molecule has 0 spiro atoms. The molecule has 7 aromatic carbocycles. The summed E-state index contributed by atoms with van der Waals surface area (Å²) in [7, 11) is 0. The molecule has 0 amide bonds. The van der Waals surface area contributed by atoms with Crippen LogP contribution in [0.5, 0.6) is 11.5 Å². The fourth-order valence-corrected chi connectivity index (χ4v) is 8.61. The van der Waals surface area contributed by atoms with Crippen LogP contribution < -0.4 is 4.74 Å². The van der Waals surface area contributed by atoms with Gasteiger partial charge in [0, 0.05) is 60.9 Å². The van der Waals surface area contributed by atoms with Crippen LogP contribution in [0.3, 0.4) is 0 Å². The Morgan fingerprint density at radius 2 is 1.36 bits per heavy atom. The van der Waals surface area contributed by atoms with Crippen LogP contribution >= 0.6 is 0 Å². The first kappa shape index (κ1) is 35.3. The number of hydrogen-bond acceptors (Lipinski definition) is 5. The predicted molar refractivity (Wildman–Crippen MR) is 254 cm³/mol. The summed E-state index contributed by atoms with van der Waals surface area (Å²) in [6.45, 7) is 10.6. The number of aromatic nitrogens is 2. The van der Waals surface area contributed by atoms with Crippen LogP contribution in [0.15, 0.2) is 188 Å². The molecule has 0 N–H and O–H groups in total. The van der Waals surface area contributed by atoms with Crippen LogP contribution in [0.25, 0.3) is 72.4 Å². The molecule has 316 valence electrons. The van der Waals surface area contributed by atoms with Crippen molar-refractivity contribution >= 4 is 33.2 Å². The van der Waals surface area contributed by atoms with Crippen LogP contribution in [0.4, 0.5) is 0 Å². The van der Waals surface area contributed by atoms with E-state index in [2.05, 4.69) is 122 Å². The van der Waals surface area contributed by atoms with Gasteiger partial charge in [0.1, 0.15) is 5.82 Å². The van der Waals surface area contributed by atoms with Crippen molar-refractivity contribution in [1.29, 1.82) is 0 Å². The molecule has 6 nitrogen and oxygen atoms in total. The molecule has 0 saturated carbocycles. The molecule has 2 aliphatic heterocycles. The number of pyridine rings is 1. The quantitative estimate of drug-likeness (QED) is 0.142. The fourth-order valence-electron chi connectivity index (χ4n) is 8.61. The standard InChI is InChI=1S/C57H43N4O2.Pt/c1-38-32-53(58-35-49(38)41-22-12-7-13-23-41)61-50-29-15-14-26-47(50)48-31-30-44(34-51(48)61)63-43-25-16-24-42(33-43)52-36-62-56-55(60(37-59(52)56)57(2,3)4)54-45(39-18-8-5-9-19-39)27-17-28-46(54)40-20-10-6-11-21-40;/h5-32,35-37H,1-4H3;/q-3;/i7D,12D,13D,22D,23D;. The van der Waals surface area contributed by atoms with E-state index in [9.17, 15) is 0 Å². The van der Waals surface area contributed by atoms with Gasteiger partial charge in [-0.2, -0.15) is 12.7 Å². The molecule has 2 aromatic heterocycles. The average molecular weight is 1020 g/mol. The van der Waals surface area contributed by atoms with Crippen molar-refractivity contribution in [1.82, 2.24) is 19.4 Å². The summed E-state index contributed by atoms with van der Waals surface area (Å²) in [4.78, 5) is 9.23. The number of fused-ring (bicyclic) bond motifs is 4. The zero-order chi connectivity index (χ0) is 47.0. The number of nitrogens with zero attached hydrogens (tertiary/aromatic N) is 4. The van der Waals surface area contributed by atoms with E-state index in [1.807, 2.05) is 78.2 Å². The van der Waals surface area contributed by atoms with E-state index in [0.717, 1.165) is 66.6 Å². The Balaban J connectivity index is 0.00000553. The molecule has 0 atom stereocenters. The van der Waals surface area contributed by atoms with E-state index < -0.39 is 6.04 Å². The summed E-state index contributed by atoms with van der Waals surface area (Å²) >= 11 is 0. The van der Waals surface area contributed by atoms with Gasteiger partial charge < -0.3 is 23.8 Å². The zero-order valence-corrected chi connectivity index (χ0v) is 37.7. The fraction of sp³-hybridized carbons (Fsp3) is 0.0877. The number of aryl methyl sites for hydroxylation is 1. The summed E-state index contributed by atoms with van der Waals surface area (Å²) in [5.74, 6) is 2.24. The Morgan fingerprint density at radius 3 is 2.06 bits per heavy atom. The van der Waals surface area contributed by atoms with E-state index >= 15 is 0 Å². The molecule has 4 heterocycles. The van der Waals surface area contributed by atoms with Crippen LogP contribution in [-0.4, -0.2) is 24.9 Å². The van der Waals surface area contributed by atoms with Crippen molar-refractivity contribution in [2.45, 2.75) is 33.2 Å². The number of ether oxygens (including phenoxy) is 2. The molecule has 11 rings (SSSR count). The Hall–Kier alpha value is -7.14. The van der Waals surface area contributed by atoms with E-state index in [0.29, 0.717) is 34.3 Å². The molecule has 0 saturated heterocycles. The minimum atomic E-state index is -0.435. The topological polar surface area (TPSA) is 42.8 Å². The Morgan fingerprint density at radius 1 is 0.688 bits per heavy atom. The van der Waals surface area contributed by atoms with Gasteiger partial charge in [-0.05, 0) is 84.3 Å². The smallest absolute Gasteiger partial charge is 0.184 e. The van der Waals surface area contributed by atoms with Gasteiger partial charge in [0.2, 0.25) is 0 Å². The average Bonchev–Trinajstić information content (AvgIpc) is 4.04. The maximum Gasteiger partial charge on any atom is 0.184 e. The van der Waals surface area contributed by atoms with E-state index in [-0.39, 0.29) is 56.3 Å². The second-order valence-corrected chi connectivity index (χ2v) is 16.6. The van der Waals surface area contributed by atoms with Crippen molar-refractivity contribution in [3.63, 3.8) is 0 Å². The molecule has 0 bridgehead atoms. The second-order valence-electron chi connectivity index (χ2n) is 16.6. The molecule has 64 heavy (non-hydrogen) atoms. The molecule has 0 fully saturated rings. The van der Waals surface area contributed by atoms with Crippen molar-refractivity contribution in [2.75, 3.05) is 0 Å². The van der Waals surface area contributed by atoms with Crippen molar-refractivity contribution in [2.24, 2.45) is 0 Å². The summed E-state index contributed by atoms with van der Waals surface area (Å²) in [5.41, 5.74) is 10.6. The third kappa shape index (κ3) is 7.18. The SMILES string of the molecule is [2H]c1c([2H])c([2H])c(-c2cnc(-n3c4[c-]c(Oc5[c-]c(C6=COC7=C(c8c(-c9ccccc9)cccc8-c8ccccc8)N(C(C)(C)C)[CH-]N67)ccc5)ccc4c4ccccc43)cc2C)c([2H])c1[2H].[Pt]. The number of benzene rings is 7. The van der Waals surface area contributed by atoms with Crippen LogP contribution in [0, 0.1) is 25.7 Å². The summed E-state index contributed by atoms with van der Waals surface area (Å²) in [5, 5.41) is 1.94. The first-order valence-electron chi connectivity index (χ1n) is 23.4. The Labute approximate surface area is 395 Å². The minimum absolute atomic E-state index is 0. The van der Waals surface area contributed by atoms with Crippen LogP contribution in [0.1, 0.15) is 44.3 Å². The molecule has 2 aliphatic rings. The molecular formula is C57H43N4O2Pt-3. The summed E-state index contributed by atoms with van der Waals surface area (Å²) in [6, 6.07) is 52.4. The third-order valence-corrected chi connectivity index (χ3v) is 11.5. The van der Waals surface area contributed by atoms with Crippen LogP contribution in [-0.2, 0) is 25.8 Å². The Kier molecular flexibility index (Phi) is 9.12. The predicted octanol–water partition coefficient (Wildman–Crippen LogP) is 14.1. The molecule has 0 radical (unpaired) electrons. The maximum absolute atomic E-state index is 8.58. The number of para-hydroxylation sites is 1. The zero-order valence-electron chi connectivity index (χ0n) is 40.4. The summed E-state index contributed by atoms with van der Waals surface area (Å²) in [6.07, 6.45) is 3.36. The van der Waals surface area contributed by atoms with Gasteiger partial charge >= 0.3 is 0 Å². The van der Waals surface area contributed by atoms with Gasteiger partial charge in [-0.3, -0.25) is 0 Å².